The highest BCUT2D eigenvalue weighted by Crippen LogP contribution is 2.21. The van der Waals surface area contributed by atoms with Crippen molar-refractivity contribution in [3.63, 3.8) is 0 Å². The molecule has 1 amide bonds. The molecule has 1 aromatic heterocycles. The molecule has 1 aliphatic rings. The molecular formula is C15H15F2N3O3S. The summed E-state index contributed by atoms with van der Waals surface area (Å²) in [6.07, 6.45) is 3.20. The Morgan fingerprint density at radius 2 is 1.79 bits per heavy atom. The zero-order valence-electron chi connectivity index (χ0n) is 12.6. The van der Waals surface area contributed by atoms with Gasteiger partial charge in [0.25, 0.3) is 5.91 Å². The number of benzene rings is 1. The maximum Gasteiger partial charge on any atom is 0.255 e. The molecule has 0 spiro atoms. The molecule has 1 aliphatic heterocycles. The Hall–Kier alpha value is -2.26. The lowest BCUT2D eigenvalue weighted by atomic mass is 10.2. The fourth-order valence-electron chi connectivity index (χ4n) is 2.59. The Bertz CT molecular complexity index is 845. The molecule has 0 aliphatic carbocycles. The molecule has 0 radical (unpaired) electrons. The minimum Gasteiger partial charge on any atom is -0.367 e. The maximum absolute atomic E-state index is 13.8. The number of amides is 1. The molecule has 128 valence electrons. The highest BCUT2D eigenvalue weighted by molar-refractivity contribution is 7.89. The molecule has 1 aromatic carbocycles. The van der Waals surface area contributed by atoms with Crippen LogP contribution in [0.1, 0.15) is 10.4 Å². The number of hydrogen-bond donors (Lipinski definition) is 1. The summed E-state index contributed by atoms with van der Waals surface area (Å²) in [4.78, 5) is 16.0. The summed E-state index contributed by atoms with van der Waals surface area (Å²) in [6, 6.07) is 4.00. The zero-order valence-corrected chi connectivity index (χ0v) is 13.4. The molecule has 2 aromatic rings. The molecule has 0 bridgehead atoms. The first-order valence-corrected chi connectivity index (χ1v) is 8.71. The van der Waals surface area contributed by atoms with E-state index in [1.807, 2.05) is 0 Å². The molecule has 9 heteroatoms. The van der Waals surface area contributed by atoms with Gasteiger partial charge in [-0.1, -0.05) is 0 Å². The van der Waals surface area contributed by atoms with Gasteiger partial charge in [0.15, 0.2) is 0 Å². The molecule has 24 heavy (non-hydrogen) atoms. The van der Waals surface area contributed by atoms with Crippen LogP contribution in [0.5, 0.6) is 0 Å². The number of sulfonamides is 1. The van der Waals surface area contributed by atoms with Crippen molar-refractivity contribution in [2.45, 2.75) is 4.90 Å². The third-order valence-corrected chi connectivity index (χ3v) is 5.81. The number of carbonyl (C=O) groups is 1. The summed E-state index contributed by atoms with van der Waals surface area (Å²) < 4.78 is 52.8. The number of rotatable bonds is 3. The maximum atomic E-state index is 13.8. The summed E-state index contributed by atoms with van der Waals surface area (Å²) in [5, 5.41) is 0. The lowest BCUT2D eigenvalue weighted by Gasteiger charge is -2.33. The smallest absolute Gasteiger partial charge is 0.255 e. The molecule has 3 rings (SSSR count). The van der Waals surface area contributed by atoms with Crippen LogP contribution in [0.3, 0.4) is 0 Å². The Balaban J connectivity index is 1.73. The predicted octanol–water partition coefficient (Wildman–Crippen LogP) is 1.44. The number of nitrogens with one attached hydrogen (secondary N) is 1. The zero-order chi connectivity index (χ0) is 17.3. The van der Waals surface area contributed by atoms with E-state index in [0.29, 0.717) is 11.6 Å². The van der Waals surface area contributed by atoms with Crippen molar-refractivity contribution in [1.82, 2.24) is 14.2 Å². The van der Waals surface area contributed by atoms with E-state index in [2.05, 4.69) is 4.98 Å². The quantitative estimate of drug-likeness (QED) is 0.905. The molecule has 6 nitrogen and oxygen atoms in total. The van der Waals surface area contributed by atoms with E-state index in [0.717, 1.165) is 16.4 Å². The van der Waals surface area contributed by atoms with Crippen LogP contribution in [0.4, 0.5) is 8.78 Å². The van der Waals surface area contributed by atoms with Gasteiger partial charge >= 0.3 is 0 Å². The summed E-state index contributed by atoms with van der Waals surface area (Å²) in [7, 11) is -4.06. The third-order valence-electron chi connectivity index (χ3n) is 3.88. The minimum absolute atomic E-state index is 0.0509. The number of aromatic amines is 1. The van der Waals surface area contributed by atoms with Crippen molar-refractivity contribution in [3.8, 4) is 0 Å². The number of nitrogens with zero attached hydrogens (tertiary/aromatic N) is 2. The minimum atomic E-state index is -4.06. The van der Waals surface area contributed by atoms with Crippen molar-refractivity contribution in [3.05, 3.63) is 53.9 Å². The molecule has 1 N–H and O–H groups in total. The number of H-pyrrole nitrogens is 1. The standard InChI is InChI=1S/C15H15F2N3O3S/c16-12-1-2-14(13(17)9-12)24(22,23)20-7-5-19(6-8-20)15(21)11-3-4-18-10-11/h1-4,9-10,18H,5-8H2. The molecule has 1 saturated heterocycles. The SMILES string of the molecule is O=C(c1cc[nH]c1)N1CCN(S(=O)(=O)c2ccc(F)cc2F)CC1. The van der Waals surface area contributed by atoms with Crippen LogP contribution < -0.4 is 0 Å². The van der Waals surface area contributed by atoms with Gasteiger partial charge in [-0.05, 0) is 18.2 Å². The van der Waals surface area contributed by atoms with E-state index in [9.17, 15) is 22.0 Å². The van der Waals surface area contributed by atoms with Crippen LogP contribution in [0.25, 0.3) is 0 Å². The first kappa shape index (κ1) is 16.6. The van der Waals surface area contributed by atoms with Crippen LogP contribution in [0.2, 0.25) is 0 Å². The molecular weight excluding hydrogens is 340 g/mol. The summed E-state index contributed by atoms with van der Waals surface area (Å²) in [5.74, 6) is -2.16. The van der Waals surface area contributed by atoms with Gasteiger partial charge in [0.1, 0.15) is 16.5 Å². The molecule has 2 heterocycles. The number of carbonyl (C=O) groups excluding carboxylic acids is 1. The van der Waals surface area contributed by atoms with Crippen molar-refractivity contribution in [1.29, 1.82) is 0 Å². The summed E-state index contributed by atoms with van der Waals surface area (Å²) in [5.41, 5.74) is 0.496. The first-order chi connectivity index (χ1) is 11.4. The topological polar surface area (TPSA) is 73.5 Å². The van der Waals surface area contributed by atoms with Crippen LogP contribution >= 0.6 is 0 Å². The normalized spacial score (nSPS) is 16.3. The third kappa shape index (κ3) is 3.04. The fourth-order valence-corrected chi connectivity index (χ4v) is 4.06. The highest BCUT2D eigenvalue weighted by Gasteiger charge is 2.32. The van der Waals surface area contributed by atoms with Gasteiger partial charge in [-0.15, -0.1) is 0 Å². The van der Waals surface area contributed by atoms with Crippen LogP contribution in [-0.2, 0) is 10.0 Å². The number of halogens is 2. The molecule has 0 atom stereocenters. The van der Waals surface area contributed by atoms with E-state index in [4.69, 9.17) is 0 Å². The molecule has 0 saturated carbocycles. The monoisotopic (exact) mass is 355 g/mol. The Morgan fingerprint density at radius 1 is 1.08 bits per heavy atom. The van der Waals surface area contributed by atoms with Crippen LogP contribution in [0.15, 0.2) is 41.6 Å². The molecule has 0 unspecified atom stereocenters. The van der Waals surface area contributed by atoms with Gasteiger partial charge < -0.3 is 9.88 Å². The summed E-state index contributed by atoms with van der Waals surface area (Å²) >= 11 is 0. The van der Waals surface area contributed by atoms with E-state index in [-0.39, 0.29) is 32.1 Å². The predicted molar refractivity (Wildman–Crippen MR) is 81.8 cm³/mol. The van der Waals surface area contributed by atoms with Gasteiger partial charge in [-0.3, -0.25) is 4.79 Å². The highest BCUT2D eigenvalue weighted by atomic mass is 32.2. The Kier molecular flexibility index (Phi) is 4.37. The number of hydrogen-bond acceptors (Lipinski definition) is 3. The second-order valence-corrected chi connectivity index (χ2v) is 7.28. The summed E-state index contributed by atoms with van der Waals surface area (Å²) in [6.45, 7) is 0.503. The Labute approximate surface area is 137 Å². The van der Waals surface area contributed by atoms with Crippen molar-refractivity contribution >= 4 is 15.9 Å². The second-order valence-electron chi connectivity index (χ2n) is 5.37. The molecule has 1 fully saturated rings. The Morgan fingerprint density at radius 3 is 2.38 bits per heavy atom. The van der Waals surface area contributed by atoms with Gasteiger partial charge in [-0.25, -0.2) is 17.2 Å². The van der Waals surface area contributed by atoms with Gasteiger partial charge in [0, 0.05) is 44.6 Å². The van der Waals surface area contributed by atoms with Crippen LogP contribution in [-0.4, -0.2) is 54.7 Å². The van der Waals surface area contributed by atoms with Crippen LogP contribution in [0, 0.1) is 11.6 Å². The van der Waals surface area contributed by atoms with Gasteiger partial charge in [-0.2, -0.15) is 4.31 Å². The van der Waals surface area contributed by atoms with E-state index in [1.165, 1.54) is 4.90 Å². The van der Waals surface area contributed by atoms with Crippen molar-refractivity contribution in [2.75, 3.05) is 26.2 Å². The van der Waals surface area contributed by atoms with Gasteiger partial charge in [0.2, 0.25) is 10.0 Å². The largest absolute Gasteiger partial charge is 0.367 e. The van der Waals surface area contributed by atoms with Gasteiger partial charge in [0.05, 0.1) is 5.56 Å². The van der Waals surface area contributed by atoms with E-state index >= 15 is 0 Å². The van der Waals surface area contributed by atoms with Crippen molar-refractivity contribution in [2.24, 2.45) is 0 Å². The average molecular weight is 355 g/mol. The first-order valence-electron chi connectivity index (χ1n) is 7.27. The van der Waals surface area contributed by atoms with E-state index in [1.54, 1.807) is 18.5 Å². The average Bonchev–Trinajstić information content (AvgIpc) is 3.08. The van der Waals surface area contributed by atoms with E-state index < -0.39 is 26.6 Å². The second kappa shape index (κ2) is 6.33. The fraction of sp³-hybridized carbons (Fsp3) is 0.267. The lowest BCUT2D eigenvalue weighted by molar-refractivity contribution is 0.0698. The number of piperazine rings is 1. The van der Waals surface area contributed by atoms with Crippen molar-refractivity contribution < 1.29 is 22.0 Å². The number of aromatic nitrogens is 1. The lowest BCUT2D eigenvalue weighted by Crippen LogP contribution is -2.50.